The molecule has 1 atom stereocenters. The summed E-state index contributed by atoms with van der Waals surface area (Å²) in [6.07, 6.45) is 0.102. The van der Waals surface area contributed by atoms with Crippen LogP contribution in [0.3, 0.4) is 0 Å². The van der Waals surface area contributed by atoms with Gasteiger partial charge in [-0.25, -0.2) is 0 Å². The molecule has 4 heteroatoms. The molecule has 3 N–H and O–H groups in total. The number of aliphatic carboxylic acids is 1. The maximum absolute atomic E-state index is 10.1. The molecule has 0 bridgehead atoms. The summed E-state index contributed by atoms with van der Waals surface area (Å²) in [5.41, 5.74) is 6.81. The summed E-state index contributed by atoms with van der Waals surface area (Å²) in [4.78, 5) is 19.8. The third kappa shape index (κ3) is 9.26. The van der Waals surface area contributed by atoms with E-state index in [2.05, 4.69) is 0 Å². The summed E-state index contributed by atoms with van der Waals surface area (Å²) in [5.74, 6) is -0.993. The number of Topliss-reactive ketones (excluding diaryl/α,β-unsaturated/α-hetero) is 1. The van der Waals surface area contributed by atoms with Crippen LogP contribution in [0.25, 0.3) is 0 Å². The monoisotopic (exact) mass is 237 g/mol. The van der Waals surface area contributed by atoms with Crippen molar-refractivity contribution in [1.29, 1.82) is 0 Å². The van der Waals surface area contributed by atoms with Gasteiger partial charge in [0.25, 0.3) is 0 Å². The van der Waals surface area contributed by atoms with Crippen LogP contribution in [0.15, 0.2) is 30.3 Å². The zero-order chi connectivity index (χ0) is 13.3. The van der Waals surface area contributed by atoms with Gasteiger partial charge < -0.3 is 15.6 Å². The second-order valence-corrected chi connectivity index (χ2v) is 3.80. The molecule has 0 heterocycles. The molecule has 0 saturated heterocycles. The largest absolute Gasteiger partial charge is 0.481 e. The average Bonchev–Trinajstić information content (AvgIpc) is 2.28. The molecular weight excluding hydrogens is 218 g/mol. The van der Waals surface area contributed by atoms with Gasteiger partial charge in [0, 0.05) is 12.5 Å². The van der Waals surface area contributed by atoms with Gasteiger partial charge in [-0.3, -0.25) is 4.79 Å². The highest BCUT2D eigenvalue weighted by Crippen LogP contribution is 2.06. The molecule has 1 aromatic rings. The van der Waals surface area contributed by atoms with Crippen LogP contribution >= 0.6 is 0 Å². The molecule has 0 amide bonds. The lowest BCUT2D eigenvalue weighted by atomic mass is 10.1. The fourth-order valence-electron chi connectivity index (χ4n) is 1.04. The predicted molar refractivity (Wildman–Crippen MR) is 66.6 cm³/mol. The summed E-state index contributed by atoms with van der Waals surface area (Å²) < 4.78 is 0. The topological polar surface area (TPSA) is 80.4 Å². The zero-order valence-corrected chi connectivity index (χ0v) is 10.2. The standard InChI is InChI=1S/C8H11N.C5H8O3/c1-7(9)8-5-3-2-4-6-8;1-4(6)2-3-5(7)8/h2-7H,9H2,1H3;2-3H2,1H3,(H,7,8). The lowest BCUT2D eigenvalue weighted by molar-refractivity contribution is -0.138. The first-order valence-electron chi connectivity index (χ1n) is 5.45. The Labute approximate surface area is 101 Å². The van der Waals surface area contributed by atoms with E-state index >= 15 is 0 Å². The molecule has 4 nitrogen and oxygen atoms in total. The van der Waals surface area contributed by atoms with E-state index in [1.54, 1.807) is 0 Å². The Morgan fingerprint density at radius 2 is 1.76 bits per heavy atom. The van der Waals surface area contributed by atoms with Crippen LogP contribution < -0.4 is 5.73 Å². The highest BCUT2D eigenvalue weighted by Gasteiger charge is 1.97. The fourth-order valence-corrected chi connectivity index (χ4v) is 1.04. The van der Waals surface area contributed by atoms with Crippen molar-refractivity contribution in [3.05, 3.63) is 35.9 Å². The molecule has 0 fully saturated rings. The van der Waals surface area contributed by atoms with Crippen LogP contribution in [0, 0.1) is 0 Å². The van der Waals surface area contributed by atoms with Gasteiger partial charge in [0.05, 0.1) is 6.42 Å². The smallest absolute Gasteiger partial charge is 0.303 e. The normalized spacial score (nSPS) is 11.0. The number of carbonyl (C=O) groups is 2. The summed E-state index contributed by atoms with van der Waals surface area (Å²) in [6, 6.07) is 10.2. The number of carbonyl (C=O) groups excluding carboxylic acids is 1. The van der Waals surface area contributed by atoms with Crippen molar-refractivity contribution in [2.45, 2.75) is 32.7 Å². The summed E-state index contributed by atoms with van der Waals surface area (Å²) in [6.45, 7) is 3.36. The number of ketones is 1. The number of hydrogen-bond acceptors (Lipinski definition) is 3. The molecule has 1 rings (SSSR count). The van der Waals surface area contributed by atoms with E-state index in [1.165, 1.54) is 12.5 Å². The maximum atomic E-state index is 10.1. The maximum Gasteiger partial charge on any atom is 0.303 e. The van der Waals surface area contributed by atoms with E-state index in [4.69, 9.17) is 10.8 Å². The predicted octanol–water partition coefficient (Wildman–Crippen LogP) is 2.15. The Morgan fingerprint density at radius 1 is 1.24 bits per heavy atom. The molecule has 0 aromatic heterocycles. The second kappa shape index (κ2) is 8.47. The third-order valence-electron chi connectivity index (χ3n) is 2.02. The summed E-state index contributed by atoms with van der Waals surface area (Å²) in [7, 11) is 0. The van der Waals surface area contributed by atoms with Crippen molar-refractivity contribution in [1.82, 2.24) is 0 Å². The van der Waals surface area contributed by atoms with Gasteiger partial charge in [0.2, 0.25) is 0 Å². The van der Waals surface area contributed by atoms with E-state index in [0.29, 0.717) is 0 Å². The van der Waals surface area contributed by atoms with Gasteiger partial charge >= 0.3 is 5.97 Å². The number of hydrogen-bond donors (Lipinski definition) is 2. The van der Waals surface area contributed by atoms with Gasteiger partial charge in [-0.05, 0) is 19.4 Å². The van der Waals surface area contributed by atoms with Crippen LogP contribution in [-0.2, 0) is 9.59 Å². The van der Waals surface area contributed by atoms with Crippen molar-refractivity contribution in [3.63, 3.8) is 0 Å². The fraction of sp³-hybridized carbons (Fsp3) is 0.385. The highest BCUT2D eigenvalue weighted by molar-refractivity contribution is 5.80. The lowest BCUT2D eigenvalue weighted by Crippen LogP contribution is -2.03. The third-order valence-corrected chi connectivity index (χ3v) is 2.02. The van der Waals surface area contributed by atoms with Gasteiger partial charge in [0.1, 0.15) is 5.78 Å². The molecule has 0 aliphatic heterocycles. The minimum atomic E-state index is -0.916. The highest BCUT2D eigenvalue weighted by atomic mass is 16.4. The van der Waals surface area contributed by atoms with E-state index in [0.717, 1.165) is 0 Å². The number of benzene rings is 1. The molecule has 0 aliphatic rings. The van der Waals surface area contributed by atoms with Crippen LogP contribution in [0.4, 0.5) is 0 Å². The molecule has 1 aromatic carbocycles. The number of nitrogens with two attached hydrogens (primary N) is 1. The van der Waals surface area contributed by atoms with E-state index in [-0.39, 0.29) is 24.7 Å². The van der Waals surface area contributed by atoms with Crippen molar-refractivity contribution in [2.24, 2.45) is 5.73 Å². The van der Waals surface area contributed by atoms with E-state index in [9.17, 15) is 9.59 Å². The van der Waals surface area contributed by atoms with Gasteiger partial charge in [0.15, 0.2) is 0 Å². The minimum Gasteiger partial charge on any atom is -0.481 e. The molecule has 17 heavy (non-hydrogen) atoms. The molecule has 0 aliphatic carbocycles. The van der Waals surface area contributed by atoms with Crippen molar-refractivity contribution < 1.29 is 14.7 Å². The minimum absolute atomic E-state index is 0.0463. The van der Waals surface area contributed by atoms with Crippen LogP contribution in [-0.4, -0.2) is 16.9 Å². The molecule has 1 unspecified atom stereocenters. The van der Waals surface area contributed by atoms with Crippen LogP contribution in [0.2, 0.25) is 0 Å². The molecule has 0 radical (unpaired) electrons. The van der Waals surface area contributed by atoms with Crippen molar-refractivity contribution >= 4 is 11.8 Å². The number of carboxylic acid groups (broad SMARTS) is 1. The van der Waals surface area contributed by atoms with Crippen molar-refractivity contribution in [3.8, 4) is 0 Å². The van der Waals surface area contributed by atoms with Gasteiger partial charge in [-0.2, -0.15) is 0 Å². The van der Waals surface area contributed by atoms with Crippen LogP contribution in [0.5, 0.6) is 0 Å². The Bertz CT molecular complexity index is 333. The summed E-state index contributed by atoms with van der Waals surface area (Å²) in [5, 5.41) is 8.01. The molecule has 0 saturated carbocycles. The lowest BCUT2D eigenvalue weighted by Gasteiger charge is -2.02. The first-order chi connectivity index (χ1) is 7.93. The average molecular weight is 237 g/mol. The Morgan fingerprint density at radius 3 is 2.00 bits per heavy atom. The second-order valence-electron chi connectivity index (χ2n) is 3.80. The first-order valence-corrected chi connectivity index (χ1v) is 5.45. The first kappa shape index (κ1) is 15.3. The van der Waals surface area contributed by atoms with Crippen LogP contribution in [0.1, 0.15) is 38.3 Å². The quantitative estimate of drug-likeness (QED) is 0.840. The van der Waals surface area contributed by atoms with Gasteiger partial charge in [-0.15, -0.1) is 0 Å². The Balaban J connectivity index is 0.000000304. The van der Waals surface area contributed by atoms with E-state index in [1.807, 2.05) is 37.3 Å². The summed E-state index contributed by atoms with van der Waals surface area (Å²) >= 11 is 0. The molecular formula is C13H19NO3. The van der Waals surface area contributed by atoms with Gasteiger partial charge in [-0.1, -0.05) is 30.3 Å². The van der Waals surface area contributed by atoms with Crippen molar-refractivity contribution in [2.75, 3.05) is 0 Å². The SMILES string of the molecule is CC(=O)CCC(=O)O.CC(N)c1ccccc1. The van der Waals surface area contributed by atoms with E-state index < -0.39 is 5.97 Å². The Hall–Kier alpha value is -1.68. The number of carboxylic acids is 1. The molecule has 94 valence electrons. The number of rotatable bonds is 4. The molecule has 0 spiro atoms. The zero-order valence-electron chi connectivity index (χ0n) is 10.2. The Kier molecular flexibility index (Phi) is 7.63.